The highest BCUT2D eigenvalue weighted by molar-refractivity contribution is 7.71. The second kappa shape index (κ2) is 7.16. The summed E-state index contributed by atoms with van der Waals surface area (Å²) >= 11 is 5.26. The second-order valence-electron chi connectivity index (χ2n) is 5.34. The maximum Gasteiger partial charge on any atom is 0.216 e. The summed E-state index contributed by atoms with van der Waals surface area (Å²) < 4.78 is 7.14. The Hall–Kier alpha value is -3.52. The lowest BCUT2D eigenvalue weighted by Crippen LogP contribution is -1.93. The van der Waals surface area contributed by atoms with Gasteiger partial charge in [-0.25, -0.2) is 5.10 Å². The summed E-state index contributed by atoms with van der Waals surface area (Å²) in [5.74, 6) is 1.29. The second-order valence-corrected chi connectivity index (χ2v) is 5.72. The molecule has 3 aromatic heterocycles. The third kappa shape index (κ3) is 3.31. The molecule has 0 atom stereocenters. The average Bonchev–Trinajstić information content (AvgIpc) is 3.41. The van der Waals surface area contributed by atoms with Gasteiger partial charge in [-0.1, -0.05) is 30.3 Å². The van der Waals surface area contributed by atoms with E-state index in [1.54, 1.807) is 24.6 Å². The van der Waals surface area contributed by atoms with E-state index in [9.17, 15) is 0 Å². The summed E-state index contributed by atoms with van der Waals surface area (Å²) in [6.07, 6.45) is 6.80. The molecule has 0 saturated carbocycles. The molecule has 7 nitrogen and oxygen atoms in total. The molecule has 0 unspecified atom stereocenters. The fourth-order valence-electron chi connectivity index (χ4n) is 2.40. The number of nitrogens with zero attached hydrogens (tertiary/aromatic N) is 4. The van der Waals surface area contributed by atoms with Crippen molar-refractivity contribution in [3.8, 4) is 22.8 Å². The number of aromatic amines is 2. The van der Waals surface area contributed by atoms with Crippen molar-refractivity contribution in [2.45, 2.75) is 0 Å². The van der Waals surface area contributed by atoms with Crippen LogP contribution in [0, 0.1) is 4.77 Å². The predicted octanol–water partition coefficient (Wildman–Crippen LogP) is 4.14. The summed E-state index contributed by atoms with van der Waals surface area (Å²) in [6.45, 7) is 0. The van der Waals surface area contributed by atoms with E-state index >= 15 is 0 Å². The van der Waals surface area contributed by atoms with E-state index in [2.05, 4.69) is 25.5 Å². The molecule has 0 spiro atoms. The summed E-state index contributed by atoms with van der Waals surface area (Å²) in [5, 5.41) is 18.7. The molecule has 0 radical (unpaired) electrons. The van der Waals surface area contributed by atoms with Crippen molar-refractivity contribution in [3.05, 3.63) is 71.4 Å². The molecule has 4 aromatic rings. The summed E-state index contributed by atoms with van der Waals surface area (Å²) in [4.78, 5) is 0. The first-order valence-corrected chi connectivity index (χ1v) is 8.25. The van der Waals surface area contributed by atoms with Gasteiger partial charge in [-0.15, -0.1) is 0 Å². The summed E-state index contributed by atoms with van der Waals surface area (Å²) in [5.41, 5.74) is 2.55. The Labute approximate surface area is 153 Å². The number of allylic oxidation sites excluding steroid dienone is 1. The molecule has 0 amide bonds. The van der Waals surface area contributed by atoms with E-state index in [1.807, 2.05) is 48.5 Å². The minimum atomic E-state index is 0.388. The zero-order valence-electron chi connectivity index (χ0n) is 13.5. The van der Waals surface area contributed by atoms with E-state index < -0.39 is 0 Å². The maximum atomic E-state index is 5.26. The standard InChI is InChI=1S/C18H14N6OS/c26-18-23-22-17(24(18)19-10-4-8-14-9-5-11-25-14)16-12-15(20-21-16)13-6-2-1-3-7-13/h1-12H,(H,20,21)(H,23,26)/b8-4+,19-10-. The first-order valence-electron chi connectivity index (χ1n) is 7.84. The van der Waals surface area contributed by atoms with Crippen LogP contribution < -0.4 is 0 Å². The first kappa shape index (κ1) is 16.0. The molecule has 0 aliphatic heterocycles. The lowest BCUT2D eigenvalue weighted by atomic mass is 10.1. The monoisotopic (exact) mass is 362 g/mol. The quantitative estimate of drug-likeness (QED) is 0.413. The maximum absolute atomic E-state index is 5.26. The number of nitrogens with one attached hydrogen (secondary N) is 2. The molecule has 1 aromatic carbocycles. The lowest BCUT2D eigenvalue weighted by Gasteiger charge is -1.96. The molecule has 0 fully saturated rings. The minimum absolute atomic E-state index is 0.388. The van der Waals surface area contributed by atoms with Gasteiger partial charge in [0.05, 0.1) is 12.0 Å². The van der Waals surface area contributed by atoms with Gasteiger partial charge in [0.15, 0.2) is 0 Å². The van der Waals surface area contributed by atoms with Crippen molar-refractivity contribution in [2.24, 2.45) is 5.10 Å². The van der Waals surface area contributed by atoms with Gasteiger partial charge in [-0.05, 0) is 42.6 Å². The number of benzene rings is 1. The Morgan fingerprint density at radius 2 is 1.96 bits per heavy atom. The van der Waals surface area contributed by atoms with Crippen LogP contribution in [0.2, 0.25) is 0 Å². The molecule has 0 aliphatic carbocycles. The van der Waals surface area contributed by atoms with Crippen LogP contribution >= 0.6 is 12.2 Å². The Morgan fingerprint density at radius 3 is 2.77 bits per heavy atom. The van der Waals surface area contributed by atoms with Crippen molar-refractivity contribution in [1.82, 2.24) is 25.1 Å². The van der Waals surface area contributed by atoms with Gasteiger partial charge < -0.3 is 4.42 Å². The largest absolute Gasteiger partial charge is 0.465 e. The van der Waals surface area contributed by atoms with Crippen LogP contribution in [0.1, 0.15) is 5.76 Å². The molecule has 4 rings (SSSR count). The Kier molecular flexibility index (Phi) is 4.40. The van der Waals surface area contributed by atoms with Gasteiger partial charge in [0, 0.05) is 11.8 Å². The number of hydrogen-bond acceptors (Lipinski definition) is 5. The number of hydrogen-bond donors (Lipinski definition) is 2. The van der Waals surface area contributed by atoms with Crippen molar-refractivity contribution in [2.75, 3.05) is 0 Å². The molecule has 8 heteroatoms. The highest BCUT2D eigenvalue weighted by Crippen LogP contribution is 2.22. The Balaban J connectivity index is 1.61. The Bertz CT molecular complexity index is 1100. The van der Waals surface area contributed by atoms with Crippen LogP contribution in [-0.2, 0) is 0 Å². The zero-order chi connectivity index (χ0) is 17.8. The number of furan rings is 1. The van der Waals surface area contributed by atoms with Crippen molar-refractivity contribution >= 4 is 24.5 Å². The minimum Gasteiger partial charge on any atom is -0.465 e. The topological polar surface area (TPSA) is 87.8 Å². The van der Waals surface area contributed by atoms with Crippen molar-refractivity contribution in [1.29, 1.82) is 0 Å². The number of H-pyrrole nitrogens is 2. The summed E-state index contributed by atoms with van der Waals surface area (Å²) in [7, 11) is 0. The zero-order valence-corrected chi connectivity index (χ0v) is 14.4. The van der Waals surface area contributed by atoms with Crippen molar-refractivity contribution in [3.63, 3.8) is 0 Å². The van der Waals surface area contributed by atoms with E-state index in [4.69, 9.17) is 16.6 Å². The van der Waals surface area contributed by atoms with E-state index in [-0.39, 0.29) is 0 Å². The van der Waals surface area contributed by atoms with Gasteiger partial charge >= 0.3 is 0 Å². The molecule has 3 heterocycles. The fraction of sp³-hybridized carbons (Fsp3) is 0. The lowest BCUT2D eigenvalue weighted by molar-refractivity contribution is 0.557. The average molecular weight is 362 g/mol. The van der Waals surface area contributed by atoms with Crippen LogP contribution in [-0.4, -0.2) is 31.3 Å². The van der Waals surface area contributed by atoms with Gasteiger partial charge in [-0.3, -0.25) is 5.10 Å². The third-order valence-corrected chi connectivity index (χ3v) is 3.87. The molecule has 2 N–H and O–H groups in total. The van der Waals surface area contributed by atoms with Gasteiger partial charge in [0.2, 0.25) is 10.6 Å². The molecule has 26 heavy (non-hydrogen) atoms. The molecule has 0 saturated heterocycles. The number of aromatic nitrogens is 5. The molecule has 0 aliphatic rings. The van der Waals surface area contributed by atoms with Gasteiger partial charge in [0.25, 0.3) is 0 Å². The Morgan fingerprint density at radius 1 is 1.08 bits per heavy atom. The van der Waals surface area contributed by atoms with Crippen molar-refractivity contribution < 1.29 is 4.42 Å². The first-order chi connectivity index (χ1) is 12.8. The molecule has 0 bridgehead atoms. The highest BCUT2D eigenvalue weighted by Gasteiger charge is 2.12. The molecular formula is C18H14N6OS. The van der Waals surface area contributed by atoms with E-state index in [0.717, 1.165) is 17.0 Å². The summed E-state index contributed by atoms with van der Waals surface area (Å²) in [6, 6.07) is 15.5. The predicted molar refractivity (Wildman–Crippen MR) is 102 cm³/mol. The van der Waals surface area contributed by atoms with Gasteiger partial charge in [-0.2, -0.15) is 20.0 Å². The van der Waals surface area contributed by atoms with Gasteiger partial charge in [0.1, 0.15) is 11.5 Å². The normalized spacial score (nSPS) is 11.7. The van der Waals surface area contributed by atoms with Crippen LogP contribution in [0.5, 0.6) is 0 Å². The van der Waals surface area contributed by atoms with Crippen LogP contribution in [0.3, 0.4) is 0 Å². The SMILES string of the molecule is S=c1[nH]nc(-c2cc(-c3ccccc3)n[nH]2)n1/N=C\C=C\c1ccco1. The van der Waals surface area contributed by atoms with Crippen LogP contribution in [0.15, 0.2) is 70.4 Å². The molecular weight excluding hydrogens is 348 g/mol. The highest BCUT2D eigenvalue weighted by atomic mass is 32.1. The van der Waals surface area contributed by atoms with Crippen LogP contribution in [0.4, 0.5) is 0 Å². The third-order valence-electron chi connectivity index (χ3n) is 3.61. The smallest absolute Gasteiger partial charge is 0.216 e. The van der Waals surface area contributed by atoms with Crippen LogP contribution in [0.25, 0.3) is 28.9 Å². The number of rotatable bonds is 5. The molecule has 128 valence electrons. The fourth-order valence-corrected chi connectivity index (χ4v) is 2.57. The van der Waals surface area contributed by atoms with E-state index in [0.29, 0.717) is 16.3 Å². The van der Waals surface area contributed by atoms with E-state index in [1.165, 1.54) is 4.68 Å².